The summed E-state index contributed by atoms with van der Waals surface area (Å²) in [5.41, 5.74) is 1.12. The van der Waals surface area contributed by atoms with Crippen LogP contribution in [0.15, 0.2) is 12.1 Å². The van der Waals surface area contributed by atoms with Gasteiger partial charge >= 0.3 is 0 Å². The first-order valence-electron chi connectivity index (χ1n) is 7.01. The SMILES string of the molecule is CC(O)CN(C)CCc1cc(Cl)c2c(c1)OCCCO2. The van der Waals surface area contributed by atoms with Gasteiger partial charge in [0.05, 0.1) is 24.3 Å². The third kappa shape index (κ3) is 4.27. The van der Waals surface area contributed by atoms with E-state index in [1.807, 2.05) is 19.2 Å². The Bertz CT molecular complexity index is 451. The van der Waals surface area contributed by atoms with Gasteiger partial charge in [0.1, 0.15) is 0 Å². The molecule has 1 aliphatic heterocycles. The molecule has 5 heteroatoms. The molecule has 2 rings (SSSR count). The number of benzene rings is 1. The van der Waals surface area contributed by atoms with E-state index >= 15 is 0 Å². The lowest BCUT2D eigenvalue weighted by atomic mass is 10.1. The number of aliphatic hydroxyl groups excluding tert-OH is 1. The summed E-state index contributed by atoms with van der Waals surface area (Å²) >= 11 is 6.26. The number of fused-ring (bicyclic) bond motifs is 1. The number of hydrogen-bond donors (Lipinski definition) is 1. The first-order chi connectivity index (χ1) is 9.56. The monoisotopic (exact) mass is 299 g/mol. The van der Waals surface area contributed by atoms with E-state index in [2.05, 4.69) is 4.90 Å². The smallest absolute Gasteiger partial charge is 0.179 e. The standard InChI is InChI=1S/C15H22ClNO3/c1-11(18)10-17(2)5-4-12-8-13(16)15-14(9-12)19-6-3-7-20-15/h8-9,11,18H,3-7,10H2,1-2H3. The van der Waals surface area contributed by atoms with Gasteiger partial charge in [0, 0.05) is 19.5 Å². The molecule has 0 fully saturated rings. The van der Waals surface area contributed by atoms with E-state index in [0.29, 0.717) is 30.5 Å². The van der Waals surface area contributed by atoms with Crippen LogP contribution < -0.4 is 9.47 Å². The zero-order chi connectivity index (χ0) is 14.5. The van der Waals surface area contributed by atoms with Crippen LogP contribution in [0.25, 0.3) is 0 Å². The van der Waals surface area contributed by atoms with E-state index in [1.165, 1.54) is 0 Å². The largest absolute Gasteiger partial charge is 0.489 e. The van der Waals surface area contributed by atoms with Crippen molar-refractivity contribution in [1.82, 2.24) is 4.90 Å². The van der Waals surface area contributed by atoms with Crippen LogP contribution in [0.4, 0.5) is 0 Å². The number of hydrogen-bond acceptors (Lipinski definition) is 4. The molecule has 1 aromatic rings. The van der Waals surface area contributed by atoms with Crippen molar-refractivity contribution >= 4 is 11.6 Å². The Labute approximate surface area is 125 Å². The molecule has 1 aliphatic rings. The van der Waals surface area contributed by atoms with Gasteiger partial charge in [0.25, 0.3) is 0 Å². The number of likely N-dealkylation sites (N-methyl/N-ethyl adjacent to an activating group) is 1. The van der Waals surface area contributed by atoms with E-state index in [1.54, 1.807) is 6.92 Å². The lowest BCUT2D eigenvalue weighted by Gasteiger charge is -2.18. The Morgan fingerprint density at radius 3 is 2.85 bits per heavy atom. The molecule has 112 valence electrons. The first kappa shape index (κ1) is 15.4. The summed E-state index contributed by atoms with van der Waals surface area (Å²) in [5.74, 6) is 1.40. The molecule has 1 aromatic carbocycles. The highest BCUT2D eigenvalue weighted by Crippen LogP contribution is 2.38. The molecule has 1 unspecified atom stereocenters. The van der Waals surface area contributed by atoms with Crippen molar-refractivity contribution in [3.8, 4) is 11.5 Å². The van der Waals surface area contributed by atoms with Gasteiger partial charge in [0.15, 0.2) is 11.5 Å². The van der Waals surface area contributed by atoms with Gasteiger partial charge in [-0.2, -0.15) is 0 Å². The maximum Gasteiger partial charge on any atom is 0.179 e. The normalized spacial score (nSPS) is 16.1. The molecule has 0 saturated carbocycles. The van der Waals surface area contributed by atoms with Crippen LogP contribution in [-0.4, -0.2) is 49.5 Å². The third-order valence-corrected chi connectivity index (χ3v) is 3.50. The zero-order valence-corrected chi connectivity index (χ0v) is 12.8. The minimum absolute atomic E-state index is 0.313. The molecule has 0 spiro atoms. The zero-order valence-electron chi connectivity index (χ0n) is 12.1. The molecule has 4 nitrogen and oxygen atoms in total. The predicted octanol–water partition coefficient (Wildman–Crippen LogP) is 2.36. The van der Waals surface area contributed by atoms with Gasteiger partial charge < -0.3 is 19.5 Å². The lowest BCUT2D eigenvalue weighted by Crippen LogP contribution is -2.29. The molecule has 0 aliphatic carbocycles. The van der Waals surface area contributed by atoms with E-state index in [9.17, 15) is 5.11 Å². The third-order valence-electron chi connectivity index (χ3n) is 3.22. The van der Waals surface area contributed by atoms with Gasteiger partial charge in [-0.15, -0.1) is 0 Å². The minimum Gasteiger partial charge on any atom is -0.489 e. The molecular formula is C15H22ClNO3. The number of aliphatic hydroxyl groups is 1. The summed E-state index contributed by atoms with van der Waals surface area (Å²) < 4.78 is 11.3. The molecule has 0 aromatic heterocycles. The fourth-order valence-corrected chi connectivity index (χ4v) is 2.58. The van der Waals surface area contributed by atoms with E-state index in [-0.39, 0.29) is 6.10 Å². The Morgan fingerprint density at radius 1 is 1.35 bits per heavy atom. The molecule has 0 bridgehead atoms. The van der Waals surface area contributed by atoms with E-state index in [4.69, 9.17) is 21.1 Å². The fraction of sp³-hybridized carbons (Fsp3) is 0.600. The number of rotatable bonds is 5. The summed E-state index contributed by atoms with van der Waals surface area (Å²) in [4.78, 5) is 2.10. The van der Waals surface area contributed by atoms with Crippen LogP contribution in [-0.2, 0) is 6.42 Å². The van der Waals surface area contributed by atoms with Gasteiger partial charge in [-0.3, -0.25) is 0 Å². The molecule has 1 N–H and O–H groups in total. The molecular weight excluding hydrogens is 278 g/mol. The summed E-state index contributed by atoms with van der Waals surface area (Å²) in [6.45, 7) is 4.62. The highest BCUT2D eigenvalue weighted by Gasteiger charge is 2.15. The van der Waals surface area contributed by atoms with Crippen molar-refractivity contribution < 1.29 is 14.6 Å². The molecule has 0 radical (unpaired) electrons. The summed E-state index contributed by atoms with van der Waals surface area (Å²) in [5, 5.41) is 9.96. The molecule has 0 saturated heterocycles. The highest BCUT2D eigenvalue weighted by atomic mass is 35.5. The van der Waals surface area contributed by atoms with Gasteiger partial charge in [-0.25, -0.2) is 0 Å². The average molecular weight is 300 g/mol. The quantitative estimate of drug-likeness (QED) is 0.906. The Balaban J connectivity index is 2.02. The number of halogens is 1. The summed E-state index contributed by atoms with van der Waals surface area (Å²) in [6.07, 6.45) is 1.42. The summed E-state index contributed by atoms with van der Waals surface area (Å²) in [6, 6.07) is 3.94. The van der Waals surface area contributed by atoms with Crippen LogP contribution in [0.2, 0.25) is 5.02 Å². The predicted molar refractivity (Wildman–Crippen MR) is 79.9 cm³/mol. The maximum atomic E-state index is 9.35. The topological polar surface area (TPSA) is 41.9 Å². The Kier molecular flexibility index (Phi) is 5.52. The van der Waals surface area contributed by atoms with Crippen LogP contribution >= 0.6 is 11.6 Å². The Morgan fingerprint density at radius 2 is 2.10 bits per heavy atom. The van der Waals surface area contributed by atoms with Gasteiger partial charge in [-0.1, -0.05) is 11.6 Å². The van der Waals surface area contributed by atoms with Crippen molar-refractivity contribution in [2.24, 2.45) is 0 Å². The average Bonchev–Trinajstić information content (AvgIpc) is 2.61. The highest BCUT2D eigenvalue weighted by molar-refractivity contribution is 6.32. The maximum absolute atomic E-state index is 9.35. The first-order valence-corrected chi connectivity index (χ1v) is 7.38. The summed E-state index contributed by atoms with van der Waals surface area (Å²) in [7, 11) is 2.00. The van der Waals surface area contributed by atoms with Crippen LogP contribution in [0.5, 0.6) is 11.5 Å². The molecule has 1 heterocycles. The van der Waals surface area contributed by atoms with E-state index < -0.39 is 0 Å². The second-order valence-electron chi connectivity index (χ2n) is 5.32. The van der Waals surface area contributed by atoms with Crippen molar-refractivity contribution in [1.29, 1.82) is 0 Å². The van der Waals surface area contributed by atoms with Crippen molar-refractivity contribution in [2.45, 2.75) is 25.9 Å². The van der Waals surface area contributed by atoms with Crippen molar-refractivity contribution in [3.05, 3.63) is 22.7 Å². The second kappa shape index (κ2) is 7.16. The van der Waals surface area contributed by atoms with Crippen molar-refractivity contribution in [3.63, 3.8) is 0 Å². The van der Waals surface area contributed by atoms with Crippen molar-refractivity contribution in [2.75, 3.05) is 33.4 Å². The van der Waals surface area contributed by atoms with Crippen LogP contribution in [0, 0.1) is 0 Å². The molecule has 0 amide bonds. The Hall–Kier alpha value is -0.970. The number of nitrogens with zero attached hydrogens (tertiary/aromatic N) is 1. The minimum atomic E-state index is -0.313. The number of ether oxygens (including phenoxy) is 2. The van der Waals surface area contributed by atoms with Crippen LogP contribution in [0.1, 0.15) is 18.9 Å². The van der Waals surface area contributed by atoms with E-state index in [0.717, 1.165) is 30.7 Å². The second-order valence-corrected chi connectivity index (χ2v) is 5.72. The fourth-order valence-electron chi connectivity index (χ4n) is 2.29. The van der Waals surface area contributed by atoms with Crippen LogP contribution in [0.3, 0.4) is 0 Å². The lowest BCUT2D eigenvalue weighted by molar-refractivity contribution is 0.142. The van der Waals surface area contributed by atoms with Gasteiger partial charge in [-0.05, 0) is 38.1 Å². The molecule has 1 atom stereocenters. The van der Waals surface area contributed by atoms with Gasteiger partial charge in [0.2, 0.25) is 0 Å². The molecule has 20 heavy (non-hydrogen) atoms.